The maximum atomic E-state index is 13.1. The highest BCUT2D eigenvalue weighted by molar-refractivity contribution is 7.99. The molecule has 4 rings (SSSR count). The fourth-order valence-corrected chi connectivity index (χ4v) is 4.76. The monoisotopic (exact) mass is 404 g/mol. The first kappa shape index (κ1) is 19.5. The highest BCUT2D eigenvalue weighted by Crippen LogP contribution is 2.27. The molecule has 0 bridgehead atoms. The molecule has 0 spiro atoms. The van der Waals surface area contributed by atoms with Gasteiger partial charge in [0.25, 0.3) is 5.91 Å². The largest absolute Gasteiger partial charge is 0.339 e. The molecule has 1 aliphatic rings. The van der Waals surface area contributed by atoms with Crippen molar-refractivity contribution in [1.29, 1.82) is 5.26 Å². The molecule has 1 saturated heterocycles. The SMILES string of the molecule is Cc1nc2ccccc2n1CC1CCN(C(=O)c2ccccc2SCC#N)CC1. The van der Waals surface area contributed by atoms with Crippen LogP contribution < -0.4 is 0 Å². The van der Waals surface area contributed by atoms with Gasteiger partial charge >= 0.3 is 0 Å². The molecule has 0 atom stereocenters. The lowest BCUT2D eigenvalue weighted by atomic mass is 9.96. The number of rotatable bonds is 5. The van der Waals surface area contributed by atoms with Gasteiger partial charge in [0.1, 0.15) is 5.82 Å². The second-order valence-electron chi connectivity index (χ2n) is 7.44. The van der Waals surface area contributed by atoms with E-state index in [9.17, 15) is 4.79 Å². The van der Waals surface area contributed by atoms with Crippen molar-refractivity contribution in [1.82, 2.24) is 14.5 Å². The molecule has 1 amide bonds. The number of likely N-dealkylation sites (tertiary alicyclic amines) is 1. The lowest BCUT2D eigenvalue weighted by molar-refractivity contribution is 0.0679. The molecule has 6 heteroatoms. The minimum absolute atomic E-state index is 0.0775. The van der Waals surface area contributed by atoms with E-state index >= 15 is 0 Å². The number of thioether (sulfide) groups is 1. The average molecular weight is 405 g/mol. The van der Waals surface area contributed by atoms with Crippen LogP contribution in [-0.4, -0.2) is 39.2 Å². The van der Waals surface area contributed by atoms with E-state index in [0.29, 0.717) is 17.2 Å². The number of hydrogen-bond donors (Lipinski definition) is 0. The number of imidazole rings is 1. The molecule has 0 unspecified atom stereocenters. The van der Waals surface area contributed by atoms with Crippen LogP contribution in [0.15, 0.2) is 53.4 Å². The van der Waals surface area contributed by atoms with Gasteiger partial charge < -0.3 is 9.47 Å². The summed E-state index contributed by atoms with van der Waals surface area (Å²) in [4.78, 5) is 20.6. The molecule has 3 aromatic rings. The quantitative estimate of drug-likeness (QED) is 0.587. The van der Waals surface area contributed by atoms with Crippen LogP contribution in [0.5, 0.6) is 0 Å². The maximum Gasteiger partial charge on any atom is 0.254 e. The normalized spacial score (nSPS) is 14.8. The van der Waals surface area contributed by atoms with Gasteiger partial charge in [-0.15, -0.1) is 11.8 Å². The van der Waals surface area contributed by atoms with Gasteiger partial charge in [-0.05, 0) is 49.9 Å². The van der Waals surface area contributed by atoms with Crippen molar-refractivity contribution >= 4 is 28.7 Å². The van der Waals surface area contributed by atoms with E-state index in [1.165, 1.54) is 17.3 Å². The summed E-state index contributed by atoms with van der Waals surface area (Å²) in [5, 5.41) is 8.85. The summed E-state index contributed by atoms with van der Waals surface area (Å²) < 4.78 is 2.31. The van der Waals surface area contributed by atoms with E-state index < -0.39 is 0 Å². The van der Waals surface area contributed by atoms with E-state index in [1.807, 2.05) is 35.2 Å². The van der Waals surface area contributed by atoms with Crippen LogP contribution in [0.2, 0.25) is 0 Å². The van der Waals surface area contributed by atoms with E-state index in [4.69, 9.17) is 5.26 Å². The van der Waals surface area contributed by atoms with Crippen molar-refractivity contribution in [2.45, 2.75) is 31.2 Å². The standard InChI is InChI=1S/C23H24N4OS/c1-17-25-20-7-3-4-8-21(20)27(17)16-18-10-13-26(14-11-18)23(28)19-6-2-5-9-22(19)29-15-12-24/h2-9,18H,10-11,13-16H2,1H3. The topological polar surface area (TPSA) is 61.9 Å². The fraction of sp³-hybridized carbons (Fsp3) is 0.348. The third-order valence-corrected chi connectivity index (χ3v) is 6.54. The third kappa shape index (κ3) is 4.15. The summed E-state index contributed by atoms with van der Waals surface area (Å²) in [5.41, 5.74) is 2.94. The van der Waals surface area contributed by atoms with Crippen molar-refractivity contribution < 1.29 is 4.79 Å². The van der Waals surface area contributed by atoms with Crippen LogP contribution in [0.4, 0.5) is 0 Å². The molecule has 2 aromatic carbocycles. The van der Waals surface area contributed by atoms with Crippen LogP contribution in [0.25, 0.3) is 11.0 Å². The molecule has 1 aliphatic heterocycles. The summed E-state index contributed by atoms with van der Waals surface area (Å²) in [6.07, 6.45) is 1.98. The summed E-state index contributed by atoms with van der Waals surface area (Å²) in [6, 6.07) is 18.0. The number of piperidine rings is 1. The predicted molar refractivity (Wildman–Crippen MR) is 116 cm³/mol. The molecule has 0 radical (unpaired) electrons. The van der Waals surface area contributed by atoms with Crippen LogP contribution >= 0.6 is 11.8 Å². The van der Waals surface area contributed by atoms with Crippen molar-refractivity contribution in [2.24, 2.45) is 5.92 Å². The summed E-state index contributed by atoms with van der Waals surface area (Å²) >= 11 is 1.43. The number of amides is 1. The van der Waals surface area contributed by atoms with Crippen LogP contribution in [-0.2, 0) is 6.54 Å². The van der Waals surface area contributed by atoms with Gasteiger partial charge in [0.05, 0.1) is 28.4 Å². The second-order valence-corrected chi connectivity index (χ2v) is 8.45. The molecule has 0 aliphatic carbocycles. The van der Waals surface area contributed by atoms with Gasteiger partial charge in [-0.1, -0.05) is 24.3 Å². The molecule has 1 aromatic heterocycles. The number of carbonyl (C=O) groups is 1. The Bertz CT molecular complexity index is 1060. The zero-order valence-electron chi connectivity index (χ0n) is 16.5. The molecule has 1 fully saturated rings. The first-order valence-electron chi connectivity index (χ1n) is 9.97. The molecule has 0 N–H and O–H groups in total. The highest BCUT2D eigenvalue weighted by Gasteiger charge is 2.26. The molecule has 2 heterocycles. The molecule has 0 saturated carbocycles. The zero-order chi connectivity index (χ0) is 20.2. The Balaban J connectivity index is 1.41. The number of carbonyl (C=O) groups excluding carboxylic acids is 1. The lowest BCUT2D eigenvalue weighted by Crippen LogP contribution is -2.39. The Morgan fingerprint density at radius 1 is 1.17 bits per heavy atom. The van der Waals surface area contributed by atoms with Gasteiger partial charge in [0.15, 0.2) is 0 Å². The number of benzene rings is 2. The van der Waals surface area contributed by atoms with Gasteiger partial charge in [-0.25, -0.2) is 4.98 Å². The minimum Gasteiger partial charge on any atom is -0.339 e. The predicted octanol–water partition coefficient (Wildman–Crippen LogP) is 4.51. The van der Waals surface area contributed by atoms with Crippen molar-refractivity contribution in [2.75, 3.05) is 18.8 Å². The van der Waals surface area contributed by atoms with Crippen LogP contribution in [0, 0.1) is 24.2 Å². The van der Waals surface area contributed by atoms with Crippen LogP contribution in [0.3, 0.4) is 0 Å². The fourth-order valence-electron chi connectivity index (χ4n) is 4.05. The Kier molecular flexibility index (Phi) is 5.86. The summed E-state index contributed by atoms with van der Waals surface area (Å²) in [6.45, 7) is 4.55. The number of aryl methyl sites for hydroxylation is 1. The highest BCUT2D eigenvalue weighted by atomic mass is 32.2. The molecule has 29 heavy (non-hydrogen) atoms. The molecular weight excluding hydrogens is 380 g/mol. The Morgan fingerprint density at radius 2 is 1.90 bits per heavy atom. The summed E-state index contributed by atoms with van der Waals surface area (Å²) in [5.74, 6) is 2.02. The number of aromatic nitrogens is 2. The van der Waals surface area contributed by atoms with E-state index in [-0.39, 0.29) is 5.91 Å². The van der Waals surface area contributed by atoms with Gasteiger partial charge in [0.2, 0.25) is 0 Å². The molecule has 148 valence electrons. The maximum absolute atomic E-state index is 13.1. The lowest BCUT2D eigenvalue weighted by Gasteiger charge is -2.33. The smallest absolute Gasteiger partial charge is 0.254 e. The number of hydrogen-bond acceptors (Lipinski definition) is 4. The van der Waals surface area contributed by atoms with Crippen molar-refractivity contribution in [3.05, 3.63) is 59.9 Å². The first-order valence-corrected chi connectivity index (χ1v) is 11.0. The van der Waals surface area contributed by atoms with E-state index in [0.717, 1.165) is 48.7 Å². The number of para-hydroxylation sites is 2. The second kappa shape index (κ2) is 8.71. The Labute approximate surface area is 175 Å². The van der Waals surface area contributed by atoms with E-state index in [1.54, 1.807) is 0 Å². The van der Waals surface area contributed by atoms with Crippen molar-refractivity contribution in [3.63, 3.8) is 0 Å². The van der Waals surface area contributed by atoms with Gasteiger partial charge in [0, 0.05) is 24.5 Å². The first-order chi connectivity index (χ1) is 14.2. The summed E-state index contributed by atoms with van der Waals surface area (Å²) in [7, 11) is 0. The Morgan fingerprint density at radius 3 is 2.69 bits per heavy atom. The van der Waals surface area contributed by atoms with E-state index in [2.05, 4.69) is 40.7 Å². The molecular formula is C23H24N4OS. The average Bonchev–Trinajstić information content (AvgIpc) is 3.07. The number of fused-ring (bicyclic) bond motifs is 1. The Hall–Kier alpha value is -2.78. The molecule has 5 nitrogen and oxygen atoms in total. The van der Waals surface area contributed by atoms with Crippen molar-refractivity contribution in [3.8, 4) is 6.07 Å². The van der Waals surface area contributed by atoms with Gasteiger partial charge in [-0.2, -0.15) is 5.26 Å². The minimum atomic E-state index is 0.0775. The number of nitriles is 1. The zero-order valence-corrected chi connectivity index (χ0v) is 17.4. The number of nitrogens with zero attached hydrogens (tertiary/aromatic N) is 4. The third-order valence-electron chi connectivity index (χ3n) is 5.60. The van der Waals surface area contributed by atoms with Gasteiger partial charge in [-0.3, -0.25) is 4.79 Å². The van der Waals surface area contributed by atoms with Crippen LogP contribution in [0.1, 0.15) is 29.0 Å².